The molecule has 0 saturated carbocycles. The zero-order chi connectivity index (χ0) is 11.6. The van der Waals surface area contributed by atoms with Gasteiger partial charge in [-0.3, -0.25) is 0 Å². The molecule has 0 aliphatic carbocycles. The molecule has 2 heterocycles. The van der Waals surface area contributed by atoms with Gasteiger partial charge in [-0.1, -0.05) is 6.42 Å². The Morgan fingerprint density at radius 1 is 1.56 bits per heavy atom. The van der Waals surface area contributed by atoms with Crippen molar-refractivity contribution in [2.45, 2.75) is 37.0 Å². The number of nitrogens with zero attached hydrogens (tertiary/aromatic N) is 1. The van der Waals surface area contributed by atoms with Crippen LogP contribution < -0.4 is 5.73 Å². The molecule has 0 bridgehead atoms. The third-order valence-corrected chi connectivity index (χ3v) is 5.46. The first-order valence-electron chi connectivity index (χ1n) is 5.55. The molecule has 0 spiro atoms. The van der Waals surface area contributed by atoms with Crippen LogP contribution in [0.25, 0.3) is 0 Å². The summed E-state index contributed by atoms with van der Waals surface area (Å²) in [6, 6.07) is -0.351. The summed E-state index contributed by atoms with van der Waals surface area (Å²) in [5.41, 5.74) is 5.98. The molecule has 1 aliphatic rings. The molecule has 16 heavy (non-hydrogen) atoms. The number of hydrogen-bond donors (Lipinski definition) is 2. The van der Waals surface area contributed by atoms with Crippen molar-refractivity contribution in [2.75, 3.05) is 5.75 Å². The minimum Gasteiger partial charge on any atom is -0.349 e. The molecule has 1 aliphatic heterocycles. The predicted octanol–water partition coefficient (Wildman–Crippen LogP) is 0.247. The van der Waals surface area contributed by atoms with Crippen molar-refractivity contribution in [3.63, 3.8) is 0 Å². The second kappa shape index (κ2) is 4.55. The number of nitrogens with two attached hydrogens (primary N) is 1. The summed E-state index contributed by atoms with van der Waals surface area (Å²) in [5.74, 6) is 1.04. The minimum atomic E-state index is -2.99. The van der Waals surface area contributed by atoms with E-state index in [2.05, 4.69) is 9.97 Å². The van der Waals surface area contributed by atoms with Gasteiger partial charge in [-0.15, -0.1) is 0 Å². The van der Waals surface area contributed by atoms with Crippen molar-refractivity contribution in [3.05, 3.63) is 18.2 Å². The van der Waals surface area contributed by atoms with Gasteiger partial charge in [0.15, 0.2) is 9.84 Å². The molecule has 90 valence electrons. The maximum atomic E-state index is 11.8. The highest BCUT2D eigenvalue weighted by atomic mass is 32.2. The molecule has 1 fully saturated rings. The smallest absolute Gasteiger partial charge is 0.154 e. The number of aromatic amines is 1. The van der Waals surface area contributed by atoms with Crippen LogP contribution in [0.5, 0.6) is 0 Å². The third kappa shape index (κ3) is 2.44. The van der Waals surface area contributed by atoms with Crippen LogP contribution in [0.1, 0.15) is 25.1 Å². The van der Waals surface area contributed by atoms with Crippen molar-refractivity contribution in [2.24, 2.45) is 5.73 Å². The average Bonchev–Trinajstić information content (AvgIpc) is 2.69. The second-order valence-electron chi connectivity index (χ2n) is 4.31. The van der Waals surface area contributed by atoms with E-state index in [9.17, 15) is 8.42 Å². The minimum absolute atomic E-state index is 0.281. The number of sulfone groups is 1. The molecule has 5 nitrogen and oxygen atoms in total. The van der Waals surface area contributed by atoms with Gasteiger partial charge in [-0.05, 0) is 12.8 Å². The number of imidazole rings is 1. The van der Waals surface area contributed by atoms with Crippen LogP contribution in [0, 0.1) is 0 Å². The van der Waals surface area contributed by atoms with Crippen LogP contribution in [0.3, 0.4) is 0 Å². The quantitative estimate of drug-likeness (QED) is 0.796. The number of hydrogen-bond acceptors (Lipinski definition) is 4. The lowest BCUT2D eigenvalue weighted by Crippen LogP contribution is -2.45. The van der Waals surface area contributed by atoms with Gasteiger partial charge >= 0.3 is 0 Å². The molecule has 2 unspecified atom stereocenters. The lowest BCUT2D eigenvalue weighted by molar-refractivity contribution is 0.491. The molecule has 0 radical (unpaired) electrons. The normalized spacial score (nSPS) is 26.4. The van der Waals surface area contributed by atoms with Crippen molar-refractivity contribution in [3.8, 4) is 0 Å². The molecule has 1 aromatic rings. The highest BCUT2D eigenvalue weighted by molar-refractivity contribution is 7.92. The molecule has 2 rings (SSSR count). The van der Waals surface area contributed by atoms with Crippen molar-refractivity contribution < 1.29 is 8.42 Å². The Hall–Kier alpha value is -0.880. The third-order valence-electron chi connectivity index (χ3n) is 3.09. The molecular weight excluding hydrogens is 226 g/mol. The SMILES string of the molecule is NC(Cc1ncc[nH]1)C1CCCCS1(=O)=O. The fraction of sp³-hybridized carbons (Fsp3) is 0.700. The Morgan fingerprint density at radius 3 is 3.00 bits per heavy atom. The molecule has 6 heteroatoms. The Bertz CT molecular complexity index is 427. The van der Waals surface area contributed by atoms with Crippen LogP contribution in [-0.4, -0.2) is 35.4 Å². The van der Waals surface area contributed by atoms with Crippen LogP contribution in [-0.2, 0) is 16.3 Å². The highest BCUT2D eigenvalue weighted by Crippen LogP contribution is 2.22. The maximum absolute atomic E-state index is 11.8. The van der Waals surface area contributed by atoms with E-state index in [1.807, 2.05) is 0 Å². The fourth-order valence-electron chi connectivity index (χ4n) is 2.22. The van der Waals surface area contributed by atoms with Gasteiger partial charge in [-0.25, -0.2) is 13.4 Å². The van der Waals surface area contributed by atoms with E-state index in [0.717, 1.165) is 18.7 Å². The summed E-state index contributed by atoms with van der Waals surface area (Å²) in [5, 5.41) is -0.397. The standard InChI is InChI=1S/C10H17N3O2S/c11-8(7-10-12-4-5-13-10)9-3-1-2-6-16(9,14)15/h4-5,8-9H,1-3,6-7,11H2,(H,12,13). The molecule has 1 saturated heterocycles. The second-order valence-corrected chi connectivity index (χ2v) is 6.64. The van der Waals surface area contributed by atoms with Gasteiger partial charge in [-0.2, -0.15) is 0 Å². The van der Waals surface area contributed by atoms with E-state index in [1.54, 1.807) is 12.4 Å². The van der Waals surface area contributed by atoms with E-state index in [0.29, 0.717) is 12.8 Å². The first-order chi connectivity index (χ1) is 7.59. The zero-order valence-electron chi connectivity index (χ0n) is 9.09. The summed E-state index contributed by atoms with van der Waals surface area (Å²) in [7, 11) is -2.99. The zero-order valence-corrected chi connectivity index (χ0v) is 9.91. The van der Waals surface area contributed by atoms with E-state index < -0.39 is 15.1 Å². The lowest BCUT2D eigenvalue weighted by atomic mass is 10.1. The van der Waals surface area contributed by atoms with Crippen LogP contribution in [0.15, 0.2) is 12.4 Å². The Morgan fingerprint density at radius 2 is 2.38 bits per heavy atom. The number of H-pyrrole nitrogens is 1. The highest BCUT2D eigenvalue weighted by Gasteiger charge is 2.33. The van der Waals surface area contributed by atoms with Gasteiger partial charge in [0.2, 0.25) is 0 Å². The molecule has 3 N–H and O–H groups in total. The lowest BCUT2D eigenvalue weighted by Gasteiger charge is -2.26. The van der Waals surface area contributed by atoms with Crippen molar-refractivity contribution in [1.29, 1.82) is 0 Å². The van der Waals surface area contributed by atoms with Gasteiger partial charge < -0.3 is 10.7 Å². The van der Waals surface area contributed by atoms with E-state index in [-0.39, 0.29) is 11.8 Å². The number of rotatable bonds is 3. The van der Waals surface area contributed by atoms with Gasteiger partial charge in [0.05, 0.1) is 11.0 Å². The Balaban J connectivity index is 2.06. The molecule has 0 amide bonds. The van der Waals surface area contributed by atoms with E-state index >= 15 is 0 Å². The Kier molecular flexibility index (Phi) is 3.30. The largest absolute Gasteiger partial charge is 0.349 e. The molecular formula is C10H17N3O2S. The van der Waals surface area contributed by atoms with Gasteiger partial charge in [0.1, 0.15) is 5.82 Å². The summed E-state index contributed by atoms with van der Waals surface area (Å²) >= 11 is 0. The Labute approximate surface area is 95.4 Å². The maximum Gasteiger partial charge on any atom is 0.154 e. The topological polar surface area (TPSA) is 88.8 Å². The summed E-state index contributed by atoms with van der Waals surface area (Å²) in [6.07, 6.45) is 6.28. The van der Waals surface area contributed by atoms with Crippen LogP contribution in [0.4, 0.5) is 0 Å². The average molecular weight is 243 g/mol. The van der Waals surface area contributed by atoms with Crippen molar-refractivity contribution >= 4 is 9.84 Å². The molecule has 1 aromatic heterocycles. The van der Waals surface area contributed by atoms with Crippen LogP contribution >= 0.6 is 0 Å². The first kappa shape index (κ1) is 11.6. The summed E-state index contributed by atoms with van der Waals surface area (Å²) < 4.78 is 23.7. The monoisotopic (exact) mass is 243 g/mol. The van der Waals surface area contributed by atoms with Crippen LogP contribution in [0.2, 0.25) is 0 Å². The van der Waals surface area contributed by atoms with Gasteiger partial charge in [0.25, 0.3) is 0 Å². The first-order valence-corrected chi connectivity index (χ1v) is 7.26. The van der Waals surface area contributed by atoms with E-state index in [1.165, 1.54) is 0 Å². The number of nitrogens with one attached hydrogen (secondary N) is 1. The van der Waals surface area contributed by atoms with Gasteiger partial charge in [0, 0.05) is 24.9 Å². The molecule has 2 atom stereocenters. The van der Waals surface area contributed by atoms with E-state index in [4.69, 9.17) is 5.73 Å². The summed E-state index contributed by atoms with van der Waals surface area (Å²) in [4.78, 5) is 7.02. The predicted molar refractivity (Wildman–Crippen MR) is 61.7 cm³/mol. The fourth-order valence-corrected chi connectivity index (χ4v) is 4.29. The summed E-state index contributed by atoms with van der Waals surface area (Å²) in [6.45, 7) is 0. The van der Waals surface area contributed by atoms with Crippen molar-refractivity contribution in [1.82, 2.24) is 9.97 Å². The number of aromatic nitrogens is 2. The molecule has 0 aromatic carbocycles.